The van der Waals surface area contributed by atoms with Crippen LogP contribution < -0.4 is 10.2 Å². The quantitative estimate of drug-likeness (QED) is 0.843. The minimum atomic E-state index is -0.174. The van der Waals surface area contributed by atoms with E-state index in [4.69, 9.17) is 0 Å². The Labute approximate surface area is 129 Å². The molecule has 1 aromatic rings. The van der Waals surface area contributed by atoms with Crippen molar-refractivity contribution in [3.8, 4) is 0 Å². The van der Waals surface area contributed by atoms with Crippen molar-refractivity contribution < 1.29 is 5.11 Å². The second-order valence-corrected chi connectivity index (χ2v) is 6.14. The number of benzene rings is 1. The van der Waals surface area contributed by atoms with E-state index in [1.807, 2.05) is 6.92 Å². The normalized spacial score (nSPS) is 19.5. The zero-order chi connectivity index (χ0) is 15.2. The summed E-state index contributed by atoms with van der Waals surface area (Å²) in [6.07, 6.45) is 3.11. The Morgan fingerprint density at radius 1 is 1.24 bits per heavy atom. The predicted molar refractivity (Wildman–Crippen MR) is 89.8 cm³/mol. The zero-order valence-electron chi connectivity index (χ0n) is 13.7. The number of hydrogen-bond donors (Lipinski definition) is 2. The van der Waals surface area contributed by atoms with Crippen molar-refractivity contribution in [1.29, 1.82) is 0 Å². The summed E-state index contributed by atoms with van der Waals surface area (Å²) in [5.41, 5.74) is 2.78. The number of piperidine rings is 1. The van der Waals surface area contributed by atoms with Gasteiger partial charge in [0.1, 0.15) is 0 Å². The highest BCUT2D eigenvalue weighted by atomic mass is 16.3. The van der Waals surface area contributed by atoms with Crippen molar-refractivity contribution in [2.24, 2.45) is 5.92 Å². The Bertz CT molecular complexity index is 425. The largest absolute Gasteiger partial charge is 0.393 e. The van der Waals surface area contributed by atoms with Crippen LogP contribution in [0.25, 0.3) is 0 Å². The van der Waals surface area contributed by atoms with Gasteiger partial charge in [0.15, 0.2) is 0 Å². The minimum Gasteiger partial charge on any atom is -0.393 e. The van der Waals surface area contributed by atoms with E-state index in [-0.39, 0.29) is 6.10 Å². The first-order valence-corrected chi connectivity index (χ1v) is 8.42. The SMILES string of the molecule is CCNC(CC)c1ccccc1N1CCC(C(C)O)CC1. The van der Waals surface area contributed by atoms with E-state index in [1.54, 1.807) is 0 Å². The monoisotopic (exact) mass is 290 g/mol. The fraction of sp³-hybridized carbons (Fsp3) is 0.667. The Morgan fingerprint density at radius 2 is 1.90 bits per heavy atom. The van der Waals surface area contributed by atoms with E-state index in [9.17, 15) is 5.11 Å². The lowest BCUT2D eigenvalue weighted by atomic mass is 9.91. The molecular weight excluding hydrogens is 260 g/mol. The van der Waals surface area contributed by atoms with E-state index in [0.717, 1.165) is 38.9 Å². The van der Waals surface area contributed by atoms with Gasteiger partial charge in [-0.1, -0.05) is 32.0 Å². The summed E-state index contributed by atoms with van der Waals surface area (Å²) in [6.45, 7) is 9.43. The molecule has 1 aromatic carbocycles. The molecule has 0 amide bonds. The summed E-state index contributed by atoms with van der Waals surface area (Å²) in [5.74, 6) is 0.462. The summed E-state index contributed by atoms with van der Waals surface area (Å²) in [5, 5.41) is 13.3. The van der Waals surface area contributed by atoms with Gasteiger partial charge in [-0.05, 0) is 50.3 Å². The van der Waals surface area contributed by atoms with Crippen LogP contribution in [-0.4, -0.2) is 30.8 Å². The standard InChI is InChI=1S/C18H30N2O/c1-4-17(19-5-2)16-8-6-7-9-18(16)20-12-10-15(11-13-20)14(3)21/h6-9,14-15,17,19,21H,4-5,10-13H2,1-3H3. The third-order valence-electron chi connectivity index (χ3n) is 4.73. The molecule has 1 heterocycles. The first-order valence-electron chi connectivity index (χ1n) is 8.42. The Morgan fingerprint density at radius 3 is 2.48 bits per heavy atom. The van der Waals surface area contributed by atoms with E-state index >= 15 is 0 Å². The van der Waals surface area contributed by atoms with Crippen LogP contribution in [0.15, 0.2) is 24.3 Å². The van der Waals surface area contributed by atoms with Gasteiger partial charge < -0.3 is 15.3 Å². The molecule has 1 fully saturated rings. The third kappa shape index (κ3) is 3.98. The van der Waals surface area contributed by atoms with Crippen LogP contribution in [0.4, 0.5) is 5.69 Å². The summed E-state index contributed by atoms with van der Waals surface area (Å²) in [7, 11) is 0. The number of rotatable bonds is 6. The molecule has 21 heavy (non-hydrogen) atoms. The van der Waals surface area contributed by atoms with Crippen LogP contribution >= 0.6 is 0 Å². The maximum atomic E-state index is 9.76. The molecule has 3 heteroatoms. The van der Waals surface area contributed by atoms with Crippen LogP contribution in [0.2, 0.25) is 0 Å². The molecule has 0 aromatic heterocycles. The number of aliphatic hydroxyl groups excluding tert-OH is 1. The smallest absolute Gasteiger partial charge is 0.0541 e. The molecule has 2 rings (SSSR count). The molecular formula is C18H30N2O. The zero-order valence-corrected chi connectivity index (χ0v) is 13.7. The summed E-state index contributed by atoms with van der Waals surface area (Å²) < 4.78 is 0. The molecule has 2 unspecified atom stereocenters. The average Bonchev–Trinajstić information content (AvgIpc) is 2.53. The summed E-state index contributed by atoms with van der Waals surface area (Å²) in [4.78, 5) is 2.49. The molecule has 2 N–H and O–H groups in total. The Kier molecular flexibility index (Phi) is 6.07. The number of anilines is 1. The Balaban J connectivity index is 2.13. The van der Waals surface area contributed by atoms with Crippen molar-refractivity contribution >= 4 is 5.69 Å². The topological polar surface area (TPSA) is 35.5 Å². The highest BCUT2D eigenvalue weighted by Crippen LogP contribution is 2.31. The first kappa shape index (κ1) is 16.3. The van der Waals surface area contributed by atoms with Gasteiger partial charge in [-0.15, -0.1) is 0 Å². The highest BCUT2D eigenvalue weighted by Gasteiger charge is 2.24. The maximum absolute atomic E-state index is 9.76. The minimum absolute atomic E-state index is 0.174. The van der Waals surface area contributed by atoms with Gasteiger partial charge in [-0.2, -0.15) is 0 Å². The molecule has 0 bridgehead atoms. The van der Waals surface area contributed by atoms with Crippen LogP contribution in [0.1, 0.15) is 51.6 Å². The van der Waals surface area contributed by atoms with Gasteiger partial charge in [0, 0.05) is 24.8 Å². The Hall–Kier alpha value is -1.06. The number of nitrogens with zero attached hydrogens (tertiary/aromatic N) is 1. The molecule has 0 radical (unpaired) electrons. The molecule has 1 saturated heterocycles. The lowest BCUT2D eigenvalue weighted by molar-refractivity contribution is 0.110. The number of hydrogen-bond acceptors (Lipinski definition) is 3. The molecule has 1 aliphatic heterocycles. The van der Waals surface area contributed by atoms with Gasteiger partial charge in [-0.25, -0.2) is 0 Å². The maximum Gasteiger partial charge on any atom is 0.0541 e. The van der Waals surface area contributed by atoms with Crippen molar-refractivity contribution in [2.45, 2.75) is 52.2 Å². The van der Waals surface area contributed by atoms with E-state index < -0.39 is 0 Å². The van der Waals surface area contributed by atoms with Gasteiger partial charge in [0.05, 0.1) is 6.10 Å². The van der Waals surface area contributed by atoms with Gasteiger partial charge in [0.2, 0.25) is 0 Å². The van der Waals surface area contributed by atoms with E-state index in [0.29, 0.717) is 12.0 Å². The average molecular weight is 290 g/mol. The molecule has 1 aliphatic rings. The lowest BCUT2D eigenvalue weighted by Crippen LogP contribution is -2.38. The molecule has 118 valence electrons. The van der Waals surface area contributed by atoms with Crippen molar-refractivity contribution in [1.82, 2.24) is 5.32 Å². The fourth-order valence-corrected chi connectivity index (χ4v) is 3.41. The second-order valence-electron chi connectivity index (χ2n) is 6.14. The van der Waals surface area contributed by atoms with Crippen molar-refractivity contribution in [2.75, 3.05) is 24.5 Å². The van der Waals surface area contributed by atoms with Crippen LogP contribution in [0.5, 0.6) is 0 Å². The van der Waals surface area contributed by atoms with Crippen LogP contribution in [0, 0.1) is 5.92 Å². The number of nitrogens with one attached hydrogen (secondary N) is 1. The van der Waals surface area contributed by atoms with E-state index in [1.165, 1.54) is 11.3 Å². The number of para-hydroxylation sites is 1. The fourth-order valence-electron chi connectivity index (χ4n) is 3.41. The van der Waals surface area contributed by atoms with Crippen molar-refractivity contribution in [3.63, 3.8) is 0 Å². The lowest BCUT2D eigenvalue weighted by Gasteiger charge is -2.36. The molecule has 0 spiro atoms. The van der Waals surface area contributed by atoms with Crippen LogP contribution in [0.3, 0.4) is 0 Å². The van der Waals surface area contributed by atoms with Crippen LogP contribution in [-0.2, 0) is 0 Å². The number of aliphatic hydroxyl groups is 1. The molecule has 0 aliphatic carbocycles. The van der Waals surface area contributed by atoms with Gasteiger partial charge in [0.25, 0.3) is 0 Å². The molecule has 0 saturated carbocycles. The summed E-state index contributed by atoms with van der Waals surface area (Å²) in [6, 6.07) is 9.21. The van der Waals surface area contributed by atoms with Gasteiger partial charge >= 0.3 is 0 Å². The second kappa shape index (κ2) is 7.81. The van der Waals surface area contributed by atoms with E-state index in [2.05, 4.69) is 48.3 Å². The molecule has 3 nitrogen and oxygen atoms in total. The predicted octanol–water partition coefficient (Wildman–Crippen LogP) is 3.34. The first-order chi connectivity index (χ1) is 10.2. The highest BCUT2D eigenvalue weighted by molar-refractivity contribution is 5.55. The third-order valence-corrected chi connectivity index (χ3v) is 4.73. The summed E-state index contributed by atoms with van der Waals surface area (Å²) >= 11 is 0. The molecule has 2 atom stereocenters. The van der Waals surface area contributed by atoms with Crippen molar-refractivity contribution in [3.05, 3.63) is 29.8 Å². The van der Waals surface area contributed by atoms with Gasteiger partial charge in [-0.3, -0.25) is 0 Å².